The number of carbonyl (C=O) groups is 1. The van der Waals surface area contributed by atoms with Crippen molar-refractivity contribution in [3.8, 4) is 0 Å². The van der Waals surface area contributed by atoms with Gasteiger partial charge in [-0.25, -0.2) is 0 Å². The van der Waals surface area contributed by atoms with Crippen LogP contribution in [0, 0.1) is 0 Å². The second-order valence-corrected chi connectivity index (χ2v) is 7.16. The van der Waals surface area contributed by atoms with E-state index in [-0.39, 0.29) is 17.2 Å². The highest BCUT2D eigenvalue weighted by Gasteiger charge is 2.21. The van der Waals surface area contributed by atoms with Crippen LogP contribution in [0.2, 0.25) is 0 Å². The zero-order valence-electron chi connectivity index (χ0n) is 13.0. The number of carbonyl (C=O) groups excluding carboxylic acids is 1. The maximum atomic E-state index is 11.9. The lowest BCUT2D eigenvalue weighted by molar-refractivity contribution is -0.919. The number of rotatable bonds is 6. The van der Waals surface area contributed by atoms with Gasteiger partial charge in [-0.1, -0.05) is 11.8 Å². The van der Waals surface area contributed by atoms with E-state index in [1.54, 1.807) is 0 Å². The summed E-state index contributed by atoms with van der Waals surface area (Å²) in [6.45, 7) is 8.89. The first-order valence-electron chi connectivity index (χ1n) is 7.67. The molecule has 1 aliphatic heterocycles. The molecule has 118 valence electrons. The number of likely N-dealkylation sites (tertiary alicyclic amines) is 1. The molecule has 21 heavy (non-hydrogen) atoms. The molecule has 1 fully saturated rings. The van der Waals surface area contributed by atoms with Crippen LogP contribution in [0.1, 0.15) is 45.9 Å². The summed E-state index contributed by atoms with van der Waals surface area (Å²) < 4.78 is 5.65. The Labute approximate surface area is 130 Å². The molecule has 0 unspecified atom stereocenters. The van der Waals surface area contributed by atoms with Crippen molar-refractivity contribution < 1.29 is 14.1 Å². The third-order valence-corrected chi connectivity index (χ3v) is 4.42. The van der Waals surface area contributed by atoms with Gasteiger partial charge in [0.2, 0.25) is 5.91 Å². The molecule has 6 nitrogen and oxygen atoms in total. The van der Waals surface area contributed by atoms with Crippen LogP contribution in [0.5, 0.6) is 0 Å². The van der Waals surface area contributed by atoms with Gasteiger partial charge in [-0.2, -0.15) is 0 Å². The van der Waals surface area contributed by atoms with Crippen molar-refractivity contribution in [2.45, 2.75) is 63.1 Å². The number of nitrogens with zero attached hydrogens (tertiary/aromatic N) is 2. The van der Waals surface area contributed by atoms with Crippen LogP contribution in [-0.4, -0.2) is 40.5 Å². The summed E-state index contributed by atoms with van der Waals surface area (Å²) in [5, 5.41) is 11.3. The fraction of sp³-hybridized carbons (Fsp3) is 0.786. The zero-order chi connectivity index (χ0) is 15.2. The van der Waals surface area contributed by atoms with E-state index < -0.39 is 0 Å². The maximum absolute atomic E-state index is 11.9. The number of piperidine rings is 1. The topological polar surface area (TPSA) is 72.5 Å². The predicted octanol–water partition coefficient (Wildman–Crippen LogP) is 0.644. The lowest BCUT2D eigenvalue weighted by Gasteiger charge is -2.21. The van der Waals surface area contributed by atoms with Crippen molar-refractivity contribution in [3.63, 3.8) is 0 Å². The van der Waals surface area contributed by atoms with Crippen LogP contribution >= 0.6 is 11.8 Å². The minimum Gasteiger partial charge on any atom is -0.410 e. The molecule has 1 atom stereocenters. The Hall–Kier alpha value is -1.08. The van der Waals surface area contributed by atoms with Crippen LogP contribution in [0.4, 0.5) is 0 Å². The van der Waals surface area contributed by atoms with Gasteiger partial charge in [-0.3, -0.25) is 4.79 Å². The number of aromatic nitrogens is 2. The second kappa shape index (κ2) is 7.79. The SMILES string of the molecule is CC(C)NC(=O)[C@@H](C)Sc1nnc(C[NH+]2CCCCC2)o1. The standard InChI is InChI=1S/C14H24N4O2S/c1-10(2)15-13(19)11(3)21-14-17-16-12(20-14)9-18-7-5-4-6-8-18/h10-11H,4-9H2,1-3H3,(H,15,19)/p+1/t11-/m1/s1. The van der Waals surface area contributed by atoms with E-state index >= 15 is 0 Å². The second-order valence-electron chi connectivity index (χ2n) is 5.87. The Kier molecular flexibility index (Phi) is 6.05. The fourth-order valence-electron chi connectivity index (χ4n) is 2.41. The third-order valence-electron chi connectivity index (χ3n) is 3.49. The van der Waals surface area contributed by atoms with Gasteiger partial charge in [0.1, 0.15) is 0 Å². The van der Waals surface area contributed by atoms with Crippen LogP contribution < -0.4 is 10.2 Å². The third kappa shape index (κ3) is 5.32. The molecular formula is C14H25N4O2S+. The summed E-state index contributed by atoms with van der Waals surface area (Å²) in [5.74, 6) is 0.669. The summed E-state index contributed by atoms with van der Waals surface area (Å²) >= 11 is 1.31. The van der Waals surface area contributed by atoms with E-state index in [4.69, 9.17) is 4.42 Å². The molecule has 2 heterocycles. The lowest BCUT2D eigenvalue weighted by atomic mass is 10.1. The Bertz CT molecular complexity index is 458. The largest absolute Gasteiger partial charge is 0.410 e. The first kappa shape index (κ1) is 16.3. The van der Waals surface area contributed by atoms with Gasteiger partial charge < -0.3 is 14.6 Å². The van der Waals surface area contributed by atoms with Gasteiger partial charge in [0.05, 0.1) is 18.3 Å². The van der Waals surface area contributed by atoms with Crippen molar-refractivity contribution in [2.75, 3.05) is 13.1 Å². The summed E-state index contributed by atoms with van der Waals surface area (Å²) in [5.41, 5.74) is 0. The van der Waals surface area contributed by atoms with Crippen molar-refractivity contribution in [1.29, 1.82) is 0 Å². The minimum atomic E-state index is -0.233. The highest BCUT2D eigenvalue weighted by atomic mass is 32.2. The predicted molar refractivity (Wildman–Crippen MR) is 81.1 cm³/mol. The molecule has 1 saturated heterocycles. The zero-order valence-corrected chi connectivity index (χ0v) is 13.8. The molecule has 0 radical (unpaired) electrons. The molecule has 0 spiro atoms. The number of hydrogen-bond acceptors (Lipinski definition) is 5. The molecule has 0 aromatic carbocycles. The maximum Gasteiger partial charge on any atom is 0.277 e. The van der Waals surface area contributed by atoms with Crippen molar-refractivity contribution >= 4 is 17.7 Å². The molecular weight excluding hydrogens is 288 g/mol. The molecule has 7 heteroatoms. The number of thioether (sulfide) groups is 1. The summed E-state index contributed by atoms with van der Waals surface area (Å²) in [7, 11) is 0. The number of quaternary nitrogens is 1. The first-order valence-corrected chi connectivity index (χ1v) is 8.55. The summed E-state index contributed by atoms with van der Waals surface area (Å²) in [6.07, 6.45) is 3.88. The minimum absolute atomic E-state index is 0.00333. The highest BCUT2D eigenvalue weighted by Crippen LogP contribution is 2.21. The van der Waals surface area contributed by atoms with Gasteiger partial charge in [0.25, 0.3) is 11.1 Å². The van der Waals surface area contributed by atoms with Crippen LogP contribution in [0.25, 0.3) is 0 Å². The number of hydrogen-bond donors (Lipinski definition) is 2. The summed E-state index contributed by atoms with van der Waals surface area (Å²) in [4.78, 5) is 13.4. The summed E-state index contributed by atoms with van der Waals surface area (Å²) in [6, 6.07) is 0.140. The van der Waals surface area contributed by atoms with Crippen LogP contribution in [0.3, 0.4) is 0 Å². The highest BCUT2D eigenvalue weighted by molar-refractivity contribution is 8.00. The Morgan fingerprint density at radius 2 is 2.00 bits per heavy atom. The van der Waals surface area contributed by atoms with E-state index in [0.717, 1.165) is 6.54 Å². The fourth-order valence-corrected chi connectivity index (χ4v) is 3.12. The number of amides is 1. The molecule has 2 N–H and O–H groups in total. The van der Waals surface area contributed by atoms with Gasteiger partial charge in [0, 0.05) is 6.04 Å². The van der Waals surface area contributed by atoms with Gasteiger partial charge in [-0.15, -0.1) is 10.2 Å². The Morgan fingerprint density at radius 1 is 1.29 bits per heavy atom. The molecule has 1 amide bonds. The Morgan fingerprint density at radius 3 is 2.67 bits per heavy atom. The van der Waals surface area contributed by atoms with E-state index in [1.807, 2.05) is 20.8 Å². The van der Waals surface area contributed by atoms with Crippen molar-refractivity contribution in [3.05, 3.63) is 5.89 Å². The van der Waals surface area contributed by atoms with E-state index in [1.165, 1.54) is 49.0 Å². The van der Waals surface area contributed by atoms with E-state index in [2.05, 4.69) is 15.5 Å². The smallest absolute Gasteiger partial charge is 0.277 e. The molecule has 0 saturated carbocycles. The lowest BCUT2D eigenvalue weighted by Crippen LogP contribution is -3.11. The molecule has 1 aromatic rings. The quantitative estimate of drug-likeness (QED) is 0.754. The van der Waals surface area contributed by atoms with Crippen molar-refractivity contribution in [2.24, 2.45) is 0 Å². The Balaban J connectivity index is 1.83. The molecule has 1 aromatic heterocycles. The van der Waals surface area contributed by atoms with Gasteiger partial charge in [0.15, 0.2) is 6.54 Å². The number of nitrogens with one attached hydrogen (secondary N) is 2. The molecule has 1 aliphatic rings. The van der Waals surface area contributed by atoms with Gasteiger partial charge in [-0.05, 0) is 40.0 Å². The molecule has 2 rings (SSSR count). The van der Waals surface area contributed by atoms with E-state index in [0.29, 0.717) is 11.1 Å². The normalized spacial score (nSPS) is 17.9. The monoisotopic (exact) mass is 313 g/mol. The van der Waals surface area contributed by atoms with Crippen LogP contribution in [-0.2, 0) is 11.3 Å². The van der Waals surface area contributed by atoms with Crippen LogP contribution in [0.15, 0.2) is 9.64 Å². The average Bonchev–Trinajstić information content (AvgIpc) is 2.86. The van der Waals surface area contributed by atoms with E-state index in [9.17, 15) is 4.79 Å². The first-order chi connectivity index (χ1) is 10.0. The molecule has 0 bridgehead atoms. The van der Waals surface area contributed by atoms with Crippen molar-refractivity contribution in [1.82, 2.24) is 15.5 Å². The average molecular weight is 313 g/mol. The molecule has 0 aliphatic carbocycles. The van der Waals surface area contributed by atoms with Gasteiger partial charge >= 0.3 is 0 Å².